The SMILES string of the molecule is CN(C)CC(c1ccc([O-])cc1)C1(O)CCCCC1.Cl. The summed E-state index contributed by atoms with van der Waals surface area (Å²) in [5, 5.41) is 22.2. The molecule has 1 unspecified atom stereocenters. The zero-order chi connectivity index (χ0) is 13.9. The van der Waals surface area contributed by atoms with Crippen molar-refractivity contribution in [1.29, 1.82) is 0 Å². The molecule has 1 N–H and O–H groups in total. The van der Waals surface area contributed by atoms with E-state index in [1.807, 2.05) is 26.2 Å². The summed E-state index contributed by atoms with van der Waals surface area (Å²) >= 11 is 0. The van der Waals surface area contributed by atoms with E-state index in [-0.39, 0.29) is 24.1 Å². The Kier molecular flexibility index (Phi) is 6.31. The van der Waals surface area contributed by atoms with Crippen molar-refractivity contribution in [3.05, 3.63) is 29.8 Å². The molecule has 3 nitrogen and oxygen atoms in total. The van der Waals surface area contributed by atoms with E-state index in [1.165, 1.54) is 6.42 Å². The van der Waals surface area contributed by atoms with Crippen molar-refractivity contribution in [3.8, 4) is 5.75 Å². The van der Waals surface area contributed by atoms with Gasteiger partial charge in [0, 0.05) is 12.5 Å². The number of benzene rings is 1. The standard InChI is InChI=1S/C16H25NO2.ClH/c1-17(2)12-15(13-6-8-14(18)9-7-13)16(19)10-4-3-5-11-16;/h6-9,15,18-19H,3-5,10-12H2,1-2H3;1H/p-1. The molecule has 1 saturated carbocycles. The lowest BCUT2D eigenvalue weighted by molar-refractivity contribution is -0.268. The molecule has 1 aromatic rings. The summed E-state index contributed by atoms with van der Waals surface area (Å²) in [5.74, 6) is 0.117. The quantitative estimate of drug-likeness (QED) is 0.929. The molecule has 0 aliphatic heterocycles. The Morgan fingerprint density at radius 2 is 1.70 bits per heavy atom. The molecule has 0 bridgehead atoms. The first-order valence-corrected chi connectivity index (χ1v) is 7.15. The average molecular weight is 299 g/mol. The van der Waals surface area contributed by atoms with Gasteiger partial charge >= 0.3 is 0 Å². The van der Waals surface area contributed by atoms with Crippen molar-refractivity contribution in [1.82, 2.24) is 4.90 Å². The van der Waals surface area contributed by atoms with Crippen molar-refractivity contribution >= 4 is 12.4 Å². The van der Waals surface area contributed by atoms with Crippen LogP contribution in [0.15, 0.2) is 24.3 Å². The fourth-order valence-electron chi connectivity index (χ4n) is 3.16. The van der Waals surface area contributed by atoms with Crippen LogP contribution < -0.4 is 5.11 Å². The highest BCUT2D eigenvalue weighted by atomic mass is 35.5. The van der Waals surface area contributed by atoms with E-state index in [4.69, 9.17) is 0 Å². The van der Waals surface area contributed by atoms with E-state index in [2.05, 4.69) is 4.90 Å². The summed E-state index contributed by atoms with van der Waals surface area (Å²) in [6.45, 7) is 0.814. The molecule has 2 rings (SSSR count). The molecular formula is C16H25ClNO2-. The van der Waals surface area contributed by atoms with Crippen LogP contribution >= 0.6 is 12.4 Å². The predicted octanol–water partition coefficient (Wildman–Crippen LogP) is 2.52. The van der Waals surface area contributed by atoms with E-state index in [9.17, 15) is 10.2 Å². The number of rotatable bonds is 4. The molecule has 1 atom stereocenters. The molecule has 1 aliphatic rings. The highest BCUT2D eigenvalue weighted by Gasteiger charge is 2.38. The minimum atomic E-state index is -0.618. The average Bonchev–Trinajstić information content (AvgIpc) is 2.38. The van der Waals surface area contributed by atoms with Crippen LogP contribution in [-0.2, 0) is 0 Å². The Bertz CT molecular complexity index is 399. The van der Waals surface area contributed by atoms with Gasteiger partial charge in [-0.05, 0) is 32.5 Å². The molecule has 1 aliphatic carbocycles. The van der Waals surface area contributed by atoms with Crippen LogP contribution in [0.25, 0.3) is 0 Å². The highest BCUT2D eigenvalue weighted by Crippen LogP contribution is 2.40. The van der Waals surface area contributed by atoms with Crippen LogP contribution in [0.2, 0.25) is 0 Å². The smallest absolute Gasteiger partial charge is 0.0728 e. The van der Waals surface area contributed by atoms with Gasteiger partial charge in [-0.2, -0.15) is 0 Å². The molecule has 114 valence electrons. The Morgan fingerprint density at radius 1 is 1.15 bits per heavy atom. The molecule has 0 radical (unpaired) electrons. The van der Waals surface area contributed by atoms with E-state index in [0.29, 0.717) is 0 Å². The van der Waals surface area contributed by atoms with Crippen molar-refractivity contribution in [2.75, 3.05) is 20.6 Å². The van der Waals surface area contributed by atoms with Gasteiger partial charge in [0.15, 0.2) is 0 Å². The Labute approximate surface area is 128 Å². The zero-order valence-corrected chi connectivity index (χ0v) is 13.2. The van der Waals surface area contributed by atoms with Crippen LogP contribution in [0, 0.1) is 0 Å². The minimum Gasteiger partial charge on any atom is -0.872 e. The maximum Gasteiger partial charge on any atom is 0.0728 e. The molecule has 4 heteroatoms. The van der Waals surface area contributed by atoms with Crippen molar-refractivity contribution in [2.45, 2.75) is 43.6 Å². The Morgan fingerprint density at radius 3 is 2.20 bits per heavy atom. The second kappa shape index (κ2) is 7.30. The second-order valence-electron chi connectivity index (χ2n) is 6.05. The molecule has 0 heterocycles. The van der Waals surface area contributed by atoms with Gasteiger partial charge in [-0.25, -0.2) is 0 Å². The fourth-order valence-corrected chi connectivity index (χ4v) is 3.16. The van der Waals surface area contributed by atoms with Gasteiger partial charge in [-0.3, -0.25) is 0 Å². The number of aliphatic hydroxyl groups is 1. The first-order valence-electron chi connectivity index (χ1n) is 7.15. The Balaban J connectivity index is 0.00000200. The van der Waals surface area contributed by atoms with Gasteiger partial charge in [-0.1, -0.05) is 43.5 Å². The van der Waals surface area contributed by atoms with Crippen molar-refractivity contribution in [2.24, 2.45) is 0 Å². The van der Waals surface area contributed by atoms with Gasteiger partial charge in [-0.15, -0.1) is 18.2 Å². The molecule has 20 heavy (non-hydrogen) atoms. The van der Waals surface area contributed by atoms with Crippen LogP contribution in [-0.4, -0.2) is 36.2 Å². The third kappa shape index (κ3) is 4.11. The van der Waals surface area contributed by atoms with Gasteiger partial charge in [0.1, 0.15) is 0 Å². The predicted molar refractivity (Wildman–Crippen MR) is 82.5 cm³/mol. The Hall–Kier alpha value is -0.770. The number of hydrogen-bond donors (Lipinski definition) is 1. The first-order chi connectivity index (χ1) is 9.01. The van der Waals surface area contributed by atoms with Crippen molar-refractivity contribution < 1.29 is 10.2 Å². The van der Waals surface area contributed by atoms with Gasteiger partial charge < -0.3 is 15.1 Å². The molecular weight excluding hydrogens is 274 g/mol. The molecule has 0 spiro atoms. The number of hydrogen-bond acceptors (Lipinski definition) is 3. The summed E-state index contributed by atoms with van der Waals surface area (Å²) in [6, 6.07) is 6.96. The van der Waals surface area contributed by atoms with Gasteiger partial charge in [0.05, 0.1) is 5.60 Å². The summed E-state index contributed by atoms with van der Waals surface area (Å²) in [6.07, 6.45) is 5.14. The van der Waals surface area contributed by atoms with Crippen LogP contribution in [0.3, 0.4) is 0 Å². The van der Waals surface area contributed by atoms with Gasteiger partial charge in [0.25, 0.3) is 0 Å². The molecule has 0 saturated heterocycles. The summed E-state index contributed by atoms with van der Waals surface area (Å²) in [7, 11) is 4.06. The lowest BCUT2D eigenvalue weighted by atomic mass is 9.72. The van der Waals surface area contributed by atoms with E-state index in [0.717, 1.165) is 37.8 Å². The molecule has 1 fully saturated rings. The first kappa shape index (κ1) is 17.3. The largest absolute Gasteiger partial charge is 0.872 e. The maximum atomic E-state index is 11.2. The number of halogens is 1. The summed E-state index contributed by atoms with van der Waals surface area (Å²) in [4.78, 5) is 2.11. The number of likely N-dealkylation sites (N-methyl/N-ethyl adjacent to an activating group) is 1. The lowest BCUT2D eigenvalue weighted by Crippen LogP contribution is -2.42. The monoisotopic (exact) mass is 298 g/mol. The topological polar surface area (TPSA) is 46.5 Å². The molecule has 0 amide bonds. The van der Waals surface area contributed by atoms with Crippen LogP contribution in [0.1, 0.15) is 43.6 Å². The summed E-state index contributed by atoms with van der Waals surface area (Å²) < 4.78 is 0. The van der Waals surface area contributed by atoms with Gasteiger partial charge in [0.2, 0.25) is 0 Å². The molecule has 0 aromatic heterocycles. The molecule has 1 aromatic carbocycles. The fraction of sp³-hybridized carbons (Fsp3) is 0.625. The highest BCUT2D eigenvalue weighted by molar-refractivity contribution is 5.85. The van der Waals surface area contributed by atoms with E-state index >= 15 is 0 Å². The lowest BCUT2D eigenvalue weighted by Gasteiger charge is -2.41. The van der Waals surface area contributed by atoms with E-state index in [1.54, 1.807) is 12.1 Å². The van der Waals surface area contributed by atoms with Crippen molar-refractivity contribution in [3.63, 3.8) is 0 Å². The third-order valence-electron chi connectivity index (χ3n) is 4.20. The normalized spacial score (nSPS) is 19.4. The second-order valence-corrected chi connectivity index (χ2v) is 6.05. The van der Waals surface area contributed by atoms with Crippen LogP contribution in [0.4, 0.5) is 0 Å². The third-order valence-corrected chi connectivity index (χ3v) is 4.20. The summed E-state index contributed by atoms with van der Waals surface area (Å²) in [5.41, 5.74) is 0.463. The minimum absolute atomic E-state index is 0. The number of nitrogens with zero attached hydrogens (tertiary/aromatic N) is 1. The zero-order valence-electron chi connectivity index (χ0n) is 12.3. The maximum absolute atomic E-state index is 11.2. The van der Waals surface area contributed by atoms with Crippen LogP contribution in [0.5, 0.6) is 5.75 Å². The van der Waals surface area contributed by atoms with E-state index < -0.39 is 5.60 Å².